The first kappa shape index (κ1) is 14.3. The number of fused-ring (bicyclic) bond motifs is 6. The second-order valence-electron chi connectivity index (χ2n) is 7.20. The van der Waals surface area contributed by atoms with Gasteiger partial charge in [0.25, 0.3) is 0 Å². The van der Waals surface area contributed by atoms with Crippen molar-refractivity contribution >= 4 is 10.9 Å². The Morgan fingerprint density at radius 1 is 1.18 bits per heavy atom. The lowest BCUT2D eigenvalue weighted by molar-refractivity contribution is 0.119. The number of aromatic amines is 1. The van der Waals surface area contributed by atoms with Crippen molar-refractivity contribution in [3.8, 4) is 0 Å². The van der Waals surface area contributed by atoms with Crippen LogP contribution in [0, 0.1) is 0 Å². The topological polar surface area (TPSA) is 19.0 Å². The van der Waals surface area contributed by atoms with Crippen LogP contribution in [0.5, 0.6) is 0 Å². The number of H-pyrrole nitrogens is 1. The Hall–Kier alpha value is -1.28. The highest BCUT2D eigenvalue weighted by Gasteiger charge is 2.37. The molecule has 2 nitrogen and oxygen atoms in total. The molecular formula is C20H28N2. The molecule has 1 aromatic heterocycles. The van der Waals surface area contributed by atoms with Gasteiger partial charge in [0.1, 0.15) is 0 Å². The molecule has 1 fully saturated rings. The largest absolute Gasteiger partial charge is 0.357 e. The number of hydrogen-bond donors (Lipinski definition) is 1. The Bertz CT molecular complexity index is 642. The van der Waals surface area contributed by atoms with Crippen LogP contribution in [0.25, 0.3) is 10.9 Å². The molecule has 0 radical (unpaired) electrons. The van der Waals surface area contributed by atoms with E-state index in [0.717, 1.165) is 5.92 Å². The van der Waals surface area contributed by atoms with E-state index in [9.17, 15) is 0 Å². The van der Waals surface area contributed by atoms with Gasteiger partial charge in [-0.2, -0.15) is 0 Å². The van der Waals surface area contributed by atoms with Gasteiger partial charge in [-0.05, 0) is 43.4 Å². The normalized spacial score (nSPS) is 27.0. The fourth-order valence-corrected chi connectivity index (χ4v) is 4.69. The van der Waals surface area contributed by atoms with E-state index in [1.54, 1.807) is 11.3 Å². The summed E-state index contributed by atoms with van der Waals surface area (Å²) in [5, 5.41) is 1.49. The number of piperidine rings is 1. The monoisotopic (exact) mass is 296 g/mol. The minimum atomic E-state index is 0.635. The fourth-order valence-electron chi connectivity index (χ4n) is 4.69. The number of rotatable bonds is 5. The average molecular weight is 296 g/mol. The highest BCUT2D eigenvalue weighted by molar-refractivity contribution is 5.85. The number of benzene rings is 1. The fraction of sp³-hybridized carbons (Fsp3) is 0.600. The van der Waals surface area contributed by atoms with E-state index in [1.165, 1.54) is 68.9 Å². The Labute approximate surface area is 133 Å². The molecule has 4 rings (SSSR count). The quantitative estimate of drug-likeness (QED) is 0.735. The molecule has 1 saturated heterocycles. The van der Waals surface area contributed by atoms with Crippen LogP contribution in [0.4, 0.5) is 0 Å². The molecule has 0 saturated carbocycles. The molecule has 0 amide bonds. The number of para-hydroxylation sites is 1. The minimum absolute atomic E-state index is 0.635. The summed E-state index contributed by atoms with van der Waals surface area (Å²) in [6.07, 6.45) is 9.53. The van der Waals surface area contributed by atoms with Gasteiger partial charge in [-0.3, -0.25) is 4.90 Å². The van der Waals surface area contributed by atoms with Gasteiger partial charge < -0.3 is 4.98 Å². The summed E-state index contributed by atoms with van der Waals surface area (Å²) < 4.78 is 0. The lowest BCUT2D eigenvalue weighted by Crippen LogP contribution is -2.41. The van der Waals surface area contributed by atoms with Crippen molar-refractivity contribution in [2.24, 2.45) is 0 Å². The second-order valence-corrected chi connectivity index (χ2v) is 7.20. The van der Waals surface area contributed by atoms with Gasteiger partial charge in [-0.25, -0.2) is 0 Å². The van der Waals surface area contributed by atoms with E-state index in [0.29, 0.717) is 6.04 Å². The highest BCUT2D eigenvalue weighted by atomic mass is 15.2. The maximum atomic E-state index is 3.79. The van der Waals surface area contributed by atoms with Crippen molar-refractivity contribution in [3.63, 3.8) is 0 Å². The Morgan fingerprint density at radius 2 is 2.09 bits per heavy atom. The maximum absolute atomic E-state index is 3.79. The molecule has 1 unspecified atom stereocenters. The van der Waals surface area contributed by atoms with Crippen molar-refractivity contribution in [1.29, 1.82) is 0 Å². The van der Waals surface area contributed by atoms with Crippen LogP contribution in [-0.2, 0) is 0 Å². The molecule has 22 heavy (non-hydrogen) atoms. The molecule has 2 bridgehead atoms. The highest BCUT2D eigenvalue weighted by Crippen LogP contribution is 2.46. The Kier molecular flexibility index (Phi) is 3.96. The van der Waals surface area contributed by atoms with Crippen LogP contribution in [0.2, 0.25) is 0 Å². The molecule has 118 valence electrons. The zero-order valence-electron chi connectivity index (χ0n) is 13.8. The summed E-state index contributed by atoms with van der Waals surface area (Å²) in [6.45, 7) is 4.88. The molecular weight excluding hydrogens is 268 g/mol. The molecule has 2 aliphatic rings. The van der Waals surface area contributed by atoms with E-state index in [1.807, 2.05) is 0 Å². The lowest BCUT2D eigenvalue weighted by Gasteiger charge is -2.43. The van der Waals surface area contributed by atoms with E-state index >= 15 is 0 Å². The average Bonchev–Trinajstić information content (AvgIpc) is 2.94. The number of nitrogens with zero attached hydrogens (tertiary/aromatic N) is 1. The summed E-state index contributed by atoms with van der Waals surface area (Å²) in [4.78, 5) is 6.56. The minimum Gasteiger partial charge on any atom is -0.357 e. The predicted molar refractivity (Wildman–Crippen MR) is 93.3 cm³/mol. The van der Waals surface area contributed by atoms with Crippen LogP contribution < -0.4 is 0 Å². The molecule has 1 aromatic carbocycles. The van der Waals surface area contributed by atoms with Crippen molar-refractivity contribution in [1.82, 2.24) is 9.88 Å². The van der Waals surface area contributed by atoms with Crippen LogP contribution in [0.3, 0.4) is 0 Å². The number of aromatic nitrogens is 1. The van der Waals surface area contributed by atoms with Gasteiger partial charge in [0.2, 0.25) is 0 Å². The number of hydrogen-bond acceptors (Lipinski definition) is 1. The third-order valence-corrected chi connectivity index (χ3v) is 5.74. The standard InChI is InChI=1S/C20H28N2/c1-2-3-4-5-12-18-20-19(15-9-8-13-22(18)14-15)16-10-6-7-11-17(16)21-20/h6-7,10-11,15,18,21H,2-5,8-9,12-14H2,1H3/t15-,18-/m0/s1. The van der Waals surface area contributed by atoms with Crippen molar-refractivity contribution in [2.75, 3.05) is 13.1 Å². The summed E-state index contributed by atoms with van der Waals surface area (Å²) >= 11 is 0. The summed E-state index contributed by atoms with van der Waals surface area (Å²) in [6, 6.07) is 9.56. The first-order valence-corrected chi connectivity index (χ1v) is 9.23. The zero-order chi connectivity index (χ0) is 14.9. The molecule has 0 aliphatic carbocycles. The van der Waals surface area contributed by atoms with Crippen LogP contribution >= 0.6 is 0 Å². The molecule has 2 heteroatoms. The van der Waals surface area contributed by atoms with Crippen LogP contribution in [-0.4, -0.2) is 23.0 Å². The van der Waals surface area contributed by atoms with E-state index < -0.39 is 0 Å². The second kappa shape index (κ2) is 6.08. The van der Waals surface area contributed by atoms with Gasteiger partial charge in [0.15, 0.2) is 0 Å². The predicted octanol–water partition coefficient (Wildman–Crippen LogP) is 5.37. The summed E-state index contributed by atoms with van der Waals surface area (Å²) in [5.74, 6) is 0.756. The van der Waals surface area contributed by atoms with Gasteiger partial charge in [-0.1, -0.05) is 50.8 Å². The lowest BCUT2D eigenvalue weighted by atomic mass is 9.81. The molecule has 2 aliphatic heterocycles. The third-order valence-electron chi connectivity index (χ3n) is 5.74. The molecule has 2 aromatic rings. The maximum Gasteiger partial charge on any atom is 0.0501 e. The smallest absolute Gasteiger partial charge is 0.0501 e. The van der Waals surface area contributed by atoms with Crippen LogP contribution in [0.1, 0.15) is 75.1 Å². The molecule has 3 atom stereocenters. The van der Waals surface area contributed by atoms with Gasteiger partial charge in [-0.15, -0.1) is 0 Å². The van der Waals surface area contributed by atoms with E-state index in [4.69, 9.17) is 0 Å². The van der Waals surface area contributed by atoms with Gasteiger partial charge in [0.05, 0.1) is 6.04 Å². The Balaban J connectivity index is 1.68. The SMILES string of the molecule is CCCCCC[C@H]1c2[nH]c3ccccc3c2[C@H]2CCCN1C2. The molecule has 1 N–H and O–H groups in total. The van der Waals surface area contributed by atoms with Crippen LogP contribution in [0.15, 0.2) is 24.3 Å². The third kappa shape index (κ3) is 2.38. The van der Waals surface area contributed by atoms with Crippen molar-refractivity contribution in [2.45, 2.75) is 63.8 Å². The number of nitrogens with one attached hydrogen (secondary N) is 1. The zero-order valence-corrected chi connectivity index (χ0v) is 13.8. The number of unbranched alkanes of at least 4 members (excludes halogenated alkanes) is 3. The van der Waals surface area contributed by atoms with E-state index in [-0.39, 0.29) is 0 Å². The van der Waals surface area contributed by atoms with Gasteiger partial charge in [0, 0.05) is 23.1 Å². The molecule has 3 heterocycles. The summed E-state index contributed by atoms with van der Waals surface area (Å²) in [7, 11) is 0. The van der Waals surface area contributed by atoms with Gasteiger partial charge >= 0.3 is 0 Å². The van der Waals surface area contributed by atoms with Crippen molar-refractivity contribution in [3.05, 3.63) is 35.5 Å². The molecule has 0 spiro atoms. The Morgan fingerprint density at radius 3 is 3.00 bits per heavy atom. The summed E-state index contributed by atoms with van der Waals surface area (Å²) in [5.41, 5.74) is 4.56. The first-order valence-electron chi connectivity index (χ1n) is 9.23. The van der Waals surface area contributed by atoms with Crippen molar-refractivity contribution < 1.29 is 0 Å². The van der Waals surface area contributed by atoms with E-state index in [2.05, 4.69) is 41.1 Å². The first-order chi connectivity index (χ1) is 10.9.